The number of rotatable bonds is 4. The third-order valence-corrected chi connectivity index (χ3v) is 5.34. The molecule has 0 bridgehead atoms. The summed E-state index contributed by atoms with van der Waals surface area (Å²) < 4.78 is 0. The Kier molecular flexibility index (Phi) is 5.26. The van der Waals surface area contributed by atoms with Gasteiger partial charge in [0.15, 0.2) is 0 Å². The fourth-order valence-electron chi connectivity index (χ4n) is 3.78. The molecule has 4 rings (SSSR count). The minimum absolute atomic E-state index is 0.112. The van der Waals surface area contributed by atoms with Gasteiger partial charge in [-0.25, -0.2) is 0 Å². The topological polar surface area (TPSA) is 57.3 Å². The van der Waals surface area contributed by atoms with E-state index in [-0.39, 0.29) is 5.91 Å². The maximum Gasteiger partial charge on any atom is 0.256 e. The van der Waals surface area contributed by atoms with Gasteiger partial charge in [0.25, 0.3) is 5.91 Å². The van der Waals surface area contributed by atoms with Crippen molar-refractivity contribution in [3.05, 3.63) is 65.9 Å². The van der Waals surface area contributed by atoms with Crippen molar-refractivity contribution in [3.63, 3.8) is 0 Å². The van der Waals surface area contributed by atoms with Gasteiger partial charge in [-0.05, 0) is 64.2 Å². The second-order valence-corrected chi connectivity index (χ2v) is 7.55. The standard InChI is InChI=1S/C23H26N4O/c1-16-15-19(18-7-3-4-8-20(18)24-16)23(28)26-22-10-6-5-9-21(22)25-17-11-13-27(2)14-12-17/h3-10,15,17,25H,11-14H2,1-2H3,(H,26,28). The van der Waals surface area contributed by atoms with E-state index in [1.807, 2.05) is 61.5 Å². The first-order chi connectivity index (χ1) is 13.6. The average Bonchev–Trinajstić information content (AvgIpc) is 2.70. The molecule has 1 aromatic heterocycles. The van der Waals surface area contributed by atoms with Gasteiger partial charge in [0.05, 0.1) is 22.5 Å². The average molecular weight is 374 g/mol. The number of anilines is 2. The van der Waals surface area contributed by atoms with E-state index in [4.69, 9.17) is 0 Å². The number of aryl methyl sites for hydroxylation is 1. The maximum absolute atomic E-state index is 13.1. The molecule has 0 radical (unpaired) electrons. The molecule has 0 saturated carbocycles. The van der Waals surface area contributed by atoms with Crippen LogP contribution >= 0.6 is 0 Å². The zero-order valence-corrected chi connectivity index (χ0v) is 16.4. The summed E-state index contributed by atoms with van der Waals surface area (Å²) in [6.45, 7) is 4.10. The Labute approximate surface area is 165 Å². The number of hydrogen-bond acceptors (Lipinski definition) is 4. The van der Waals surface area contributed by atoms with E-state index >= 15 is 0 Å². The molecule has 0 spiro atoms. The molecule has 0 aliphatic carbocycles. The fraction of sp³-hybridized carbons (Fsp3) is 0.304. The number of likely N-dealkylation sites (tertiary alicyclic amines) is 1. The highest BCUT2D eigenvalue weighted by atomic mass is 16.1. The summed E-state index contributed by atoms with van der Waals surface area (Å²) >= 11 is 0. The van der Waals surface area contributed by atoms with E-state index in [2.05, 4.69) is 27.6 Å². The number of carbonyl (C=O) groups excluding carboxylic acids is 1. The van der Waals surface area contributed by atoms with Crippen molar-refractivity contribution in [1.29, 1.82) is 0 Å². The van der Waals surface area contributed by atoms with Gasteiger partial charge >= 0.3 is 0 Å². The van der Waals surface area contributed by atoms with E-state index in [0.717, 1.165) is 53.9 Å². The molecule has 28 heavy (non-hydrogen) atoms. The maximum atomic E-state index is 13.1. The first kappa shape index (κ1) is 18.4. The van der Waals surface area contributed by atoms with Gasteiger partial charge in [-0.2, -0.15) is 0 Å². The Morgan fingerprint density at radius 1 is 1.04 bits per heavy atom. The Bertz CT molecular complexity index is 993. The van der Waals surface area contributed by atoms with Crippen LogP contribution in [-0.4, -0.2) is 42.0 Å². The minimum Gasteiger partial charge on any atom is -0.381 e. The van der Waals surface area contributed by atoms with Gasteiger partial charge in [0.1, 0.15) is 0 Å². The lowest BCUT2D eigenvalue weighted by molar-refractivity contribution is 0.102. The van der Waals surface area contributed by atoms with E-state index in [9.17, 15) is 4.79 Å². The monoisotopic (exact) mass is 374 g/mol. The summed E-state index contributed by atoms with van der Waals surface area (Å²) in [7, 11) is 2.16. The first-order valence-electron chi connectivity index (χ1n) is 9.82. The summed E-state index contributed by atoms with van der Waals surface area (Å²) in [5, 5.41) is 7.59. The highest BCUT2D eigenvalue weighted by molar-refractivity contribution is 6.13. The van der Waals surface area contributed by atoms with Crippen LogP contribution in [0.5, 0.6) is 0 Å². The van der Waals surface area contributed by atoms with Gasteiger partial charge in [-0.15, -0.1) is 0 Å². The van der Waals surface area contributed by atoms with Crippen LogP contribution in [0.15, 0.2) is 54.6 Å². The van der Waals surface area contributed by atoms with Gasteiger partial charge < -0.3 is 15.5 Å². The number of benzene rings is 2. The third-order valence-electron chi connectivity index (χ3n) is 5.34. The largest absolute Gasteiger partial charge is 0.381 e. The highest BCUT2D eigenvalue weighted by Crippen LogP contribution is 2.26. The normalized spacial score (nSPS) is 15.5. The Morgan fingerprint density at radius 3 is 2.50 bits per heavy atom. The number of pyridine rings is 1. The number of aromatic nitrogens is 1. The van der Waals surface area contributed by atoms with Gasteiger partial charge in [0, 0.05) is 17.1 Å². The van der Waals surface area contributed by atoms with Crippen molar-refractivity contribution >= 4 is 28.2 Å². The van der Waals surface area contributed by atoms with Crippen LogP contribution in [0.3, 0.4) is 0 Å². The smallest absolute Gasteiger partial charge is 0.256 e. The van der Waals surface area contributed by atoms with Gasteiger partial charge in [-0.3, -0.25) is 9.78 Å². The lowest BCUT2D eigenvalue weighted by Gasteiger charge is -2.30. The van der Waals surface area contributed by atoms with Crippen molar-refractivity contribution < 1.29 is 4.79 Å². The van der Waals surface area contributed by atoms with Crippen molar-refractivity contribution in [3.8, 4) is 0 Å². The lowest BCUT2D eigenvalue weighted by atomic mass is 10.0. The third kappa shape index (κ3) is 3.99. The molecule has 1 aliphatic heterocycles. The highest BCUT2D eigenvalue weighted by Gasteiger charge is 2.18. The zero-order valence-electron chi connectivity index (χ0n) is 16.4. The van der Waals surface area contributed by atoms with Gasteiger partial charge in [0.2, 0.25) is 0 Å². The van der Waals surface area contributed by atoms with E-state index < -0.39 is 0 Å². The van der Waals surface area contributed by atoms with Crippen LogP contribution in [0.4, 0.5) is 11.4 Å². The van der Waals surface area contributed by atoms with Crippen molar-refractivity contribution in [2.24, 2.45) is 0 Å². The predicted molar refractivity (Wildman–Crippen MR) is 115 cm³/mol. The second kappa shape index (κ2) is 7.98. The van der Waals surface area contributed by atoms with Crippen LogP contribution < -0.4 is 10.6 Å². The summed E-state index contributed by atoms with van der Waals surface area (Å²) in [5.74, 6) is -0.112. The summed E-state index contributed by atoms with van der Waals surface area (Å²) in [6, 6.07) is 18.0. The molecule has 2 aromatic carbocycles. The first-order valence-corrected chi connectivity index (χ1v) is 9.82. The molecule has 5 heteroatoms. The molecular formula is C23H26N4O. The fourth-order valence-corrected chi connectivity index (χ4v) is 3.78. The molecule has 0 unspecified atom stereocenters. The molecule has 3 aromatic rings. The molecule has 144 valence electrons. The molecule has 2 N–H and O–H groups in total. The number of nitrogens with zero attached hydrogens (tertiary/aromatic N) is 2. The number of nitrogens with one attached hydrogen (secondary N) is 2. The molecule has 0 atom stereocenters. The van der Waals surface area contributed by atoms with Crippen LogP contribution in [0.2, 0.25) is 0 Å². The number of hydrogen-bond donors (Lipinski definition) is 2. The minimum atomic E-state index is -0.112. The quantitative estimate of drug-likeness (QED) is 0.715. The molecule has 1 saturated heterocycles. The SMILES string of the molecule is Cc1cc(C(=O)Nc2ccccc2NC2CCN(C)CC2)c2ccccc2n1. The van der Waals surface area contributed by atoms with Crippen molar-refractivity contribution in [2.45, 2.75) is 25.8 Å². The lowest BCUT2D eigenvalue weighted by Crippen LogP contribution is -2.36. The van der Waals surface area contributed by atoms with E-state index in [0.29, 0.717) is 11.6 Å². The molecule has 1 amide bonds. The Balaban J connectivity index is 1.57. The van der Waals surface area contributed by atoms with Crippen molar-refractivity contribution in [1.82, 2.24) is 9.88 Å². The van der Waals surface area contributed by atoms with Crippen LogP contribution in [-0.2, 0) is 0 Å². The van der Waals surface area contributed by atoms with Crippen LogP contribution in [0, 0.1) is 6.92 Å². The number of para-hydroxylation sites is 3. The molecule has 5 nitrogen and oxygen atoms in total. The second-order valence-electron chi connectivity index (χ2n) is 7.55. The molecule has 1 aliphatic rings. The number of fused-ring (bicyclic) bond motifs is 1. The summed E-state index contributed by atoms with van der Waals surface area (Å²) in [5.41, 5.74) is 4.11. The van der Waals surface area contributed by atoms with E-state index in [1.54, 1.807) is 0 Å². The summed E-state index contributed by atoms with van der Waals surface area (Å²) in [6.07, 6.45) is 2.21. The molecular weight excluding hydrogens is 348 g/mol. The number of amides is 1. The summed E-state index contributed by atoms with van der Waals surface area (Å²) in [4.78, 5) is 20.0. The van der Waals surface area contributed by atoms with Crippen LogP contribution in [0.1, 0.15) is 28.9 Å². The van der Waals surface area contributed by atoms with Crippen molar-refractivity contribution in [2.75, 3.05) is 30.8 Å². The number of carbonyl (C=O) groups is 1. The Morgan fingerprint density at radius 2 is 1.71 bits per heavy atom. The zero-order chi connectivity index (χ0) is 19.5. The van der Waals surface area contributed by atoms with Crippen LogP contribution in [0.25, 0.3) is 10.9 Å². The van der Waals surface area contributed by atoms with Gasteiger partial charge in [-0.1, -0.05) is 30.3 Å². The van der Waals surface area contributed by atoms with E-state index in [1.165, 1.54) is 0 Å². The number of piperidine rings is 1. The Hall–Kier alpha value is -2.92. The molecule has 1 fully saturated rings. The predicted octanol–water partition coefficient (Wildman–Crippen LogP) is 4.30. The molecule has 2 heterocycles.